The first kappa shape index (κ1) is 16.4. The first-order valence-corrected chi connectivity index (χ1v) is 6.77. The Balaban J connectivity index is 2.38. The average Bonchev–Trinajstić information content (AvgIpc) is 2.40. The molecule has 1 amide bonds. The van der Waals surface area contributed by atoms with Crippen LogP contribution in [0.4, 0.5) is 4.39 Å². The molecular weight excluding hydrogens is 259 g/mol. The Morgan fingerprint density at radius 3 is 2.50 bits per heavy atom. The van der Waals surface area contributed by atoms with Crippen molar-refractivity contribution in [1.82, 2.24) is 5.32 Å². The Morgan fingerprint density at radius 2 is 2.00 bits per heavy atom. The molecule has 0 aliphatic heterocycles. The highest BCUT2D eigenvalue weighted by Gasteiger charge is 2.28. The number of halogens is 1. The van der Waals surface area contributed by atoms with Crippen LogP contribution in [0.15, 0.2) is 24.3 Å². The monoisotopic (exact) mass is 282 g/mol. The second-order valence-electron chi connectivity index (χ2n) is 5.38. The molecule has 0 aromatic heterocycles. The quantitative estimate of drug-likeness (QED) is 0.805. The van der Waals surface area contributed by atoms with Crippen molar-refractivity contribution in [3.8, 4) is 5.75 Å². The van der Waals surface area contributed by atoms with E-state index in [2.05, 4.69) is 5.32 Å². The zero-order valence-corrected chi connectivity index (χ0v) is 12.3. The van der Waals surface area contributed by atoms with Gasteiger partial charge in [0.15, 0.2) is 0 Å². The van der Waals surface area contributed by atoms with Crippen LogP contribution in [0, 0.1) is 11.7 Å². The summed E-state index contributed by atoms with van der Waals surface area (Å²) in [5, 5.41) is 2.93. The summed E-state index contributed by atoms with van der Waals surface area (Å²) in [5.74, 6) is 0.374. The highest BCUT2D eigenvalue weighted by atomic mass is 19.1. The van der Waals surface area contributed by atoms with Crippen molar-refractivity contribution in [3.63, 3.8) is 0 Å². The predicted molar refractivity (Wildman–Crippen MR) is 77.0 cm³/mol. The molecule has 0 saturated heterocycles. The molecule has 0 saturated carbocycles. The van der Waals surface area contributed by atoms with Gasteiger partial charge >= 0.3 is 0 Å². The van der Waals surface area contributed by atoms with E-state index in [0.717, 1.165) is 0 Å². The van der Waals surface area contributed by atoms with Gasteiger partial charge in [-0.25, -0.2) is 4.39 Å². The fraction of sp³-hybridized carbons (Fsp3) is 0.533. The molecule has 1 aromatic rings. The molecule has 1 unspecified atom stereocenters. The molecule has 1 rings (SSSR count). The molecule has 3 N–H and O–H groups in total. The largest absolute Gasteiger partial charge is 0.493 e. The van der Waals surface area contributed by atoms with Gasteiger partial charge in [-0.1, -0.05) is 13.8 Å². The van der Waals surface area contributed by atoms with E-state index in [9.17, 15) is 9.18 Å². The van der Waals surface area contributed by atoms with Gasteiger partial charge < -0.3 is 15.8 Å². The zero-order valence-electron chi connectivity index (χ0n) is 12.3. The summed E-state index contributed by atoms with van der Waals surface area (Å²) in [6, 6.07) is 5.70. The lowest BCUT2D eigenvalue weighted by Crippen LogP contribution is -2.55. The van der Waals surface area contributed by atoms with Gasteiger partial charge in [-0.05, 0) is 37.1 Å². The molecule has 0 radical (unpaired) electrons. The maximum atomic E-state index is 12.7. The standard InChI is InChI=1S/C15H23FN2O2/c1-11(2)15(3,10-17)18-14(19)8-9-20-13-6-4-12(16)5-7-13/h4-7,11H,8-10,17H2,1-3H3,(H,18,19). The van der Waals surface area contributed by atoms with Crippen molar-refractivity contribution in [1.29, 1.82) is 0 Å². The molecule has 1 aromatic carbocycles. The van der Waals surface area contributed by atoms with E-state index in [1.54, 1.807) is 0 Å². The van der Waals surface area contributed by atoms with Crippen LogP contribution < -0.4 is 15.8 Å². The lowest BCUT2D eigenvalue weighted by atomic mass is 9.88. The van der Waals surface area contributed by atoms with E-state index in [-0.39, 0.29) is 30.7 Å². The van der Waals surface area contributed by atoms with Crippen molar-refractivity contribution in [3.05, 3.63) is 30.1 Å². The SMILES string of the molecule is CC(C)C(C)(CN)NC(=O)CCOc1ccc(F)cc1. The number of hydrogen-bond acceptors (Lipinski definition) is 3. The topological polar surface area (TPSA) is 64.3 Å². The molecule has 0 spiro atoms. The molecule has 4 nitrogen and oxygen atoms in total. The van der Waals surface area contributed by atoms with Crippen LogP contribution >= 0.6 is 0 Å². The summed E-state index contributed by atoms with van der Waals surface area (Å²) in [7, 11) is 0. The fourth-order valence-corrected chi connectivity index (χ4v) is 1.60. The predicted octanol–water partition coefficient (Wildman–Crippen LogP) is 2.08. The third kappa shape index (κ3) is 4.81. The Bertz CT molecular complexity index is 434. The average molecular weight is 282 g/mol. The minimum absolute atomic E-state index is 0.103. The molecule has 20 heavy (non-hydrogen) atoms. The number of amides is 1. The zero-order chi connectivity index (χ0) is 15.2. The van der Waals surface area contributed by atoms with Gasteiger partial charge in [-0.15, -0.1) is 0 Å². The third-order valence-corrected chi connectivity index (χ3v) is 3.53. The smallest absolute Gasteiger partial charge is 0.223 e. The van der Waals surface area contributed by atoms with Crippen LogP contribution in [-0.4, -0.2) is 24.6 Å². The molecule has 0 aliphatic rings. The van der Waals surface area contributed by atoms with Crippen LogP contribution in [0.2, 0.25) is 0 Å². The summed E-state index contributed by atoms with van der Waals surface area (Å²) in [5.41, 5.74) is 5.30. The molecule has 112 valence electrons. The van der Waals surface area contributed by atoms with Gasteiger partial charge in [-0.3, -0.25) is 4.79 Å². The molecular formula is C15H23FN2O2. The van der Waals surface area contributed by atoms with E-state index in [0.29, 0.717) is 12.3 Å². The van der Waals surface area contributed by atoms with Crippen molar-refractivity contribution in [2.75, 3.05) is 13.2 Å². The second-order valence-corrected chi connectivity index (χ2v) is 5.38. The number of nitrogens with one attached hydrogen (secondary N) is 1. The van der Waals surface area contributed by atoms with E-state index in [1.165, 1.54) is 24.3 Å². The first-order valence-electron chi connectivity index (χ1n) is 6.77. The maximum Gasteiger partial charge on any atom is 0.223 e. The van der Waals surface area contributed by atoms with Crippen LogP contribution in [0.1, 0.15) is 27.2 Å². The van der Waals surface area contributed by atoms with Crippen molar-refractivity contribution < 1.29 is 13.9 Å². The Kier molecular flexibility index (Phi) is 5.95. The van der Waals surface area contributed by atoms with Crippen LogP contribution in [-0.2, 0) is 4.79 Å². The number of carbonyl (C=O) groups excluding carboxylic acids is 1. The minimum Gasteiger partial charge on any atom is -0.493 e. The van der Waals surface area contributed by atoms with E-state index < -0.39 is 5.54 Å². The first-order chi connectivity index (χ1) is 9.37. The molecule has 0 bridgehead atoms. The van der Waals surface area contributed by atoms with E-state index >= 15 is 0 Å². The van der Waals surface area contributed by atoms with Crippen molar-refractivity contribution in [2.24, 2.45) is 11.7 Å². The number of ether oxygens (including phenoxy) is 1. The Morgan fingerprint density at radius 1 is 1.40 bits per heavy atom. The summed E-state index contributed by atoms with van der Waals surface area (Å²) in [4.78, 5) is 11.9. The lowest BCUT2D eigenvalue weighted by Gasteiger charge is -2.33. The molecule has 1 atom stereocenters. The fourth-order valence-electron chi connectivity index (χ4n) is 1.60. The van der Waals surface area contributed by atoms with E-state index in [4.69, 9.17) is 10.5 Å². The van der Waals surface area contributed by atoms with Gasteiger partial charge in [0.05, 0.1) is 18.6 Å². The van der Waals surface area contributed by atoms with Crippen LogP contribution in [0.25, 0.3) is 0 Å². The van der Waals surface area contributed by atoms with Crippen LogP contribution in [0.3, 0.4) is 0 Å². The van der Waals surface area contributed by atoms with Gasteiger partial charge in [0, 0.05) is 6.54 Å². The normalized spacial score (nSPS) is 13.9. The molecule has 0 fully saturated rings. The number of hydrogen-bond donors (Lipinski definition) is 2. The Labute approximate surface area is 119 Å². The van der Waals surface area contributed by atoms with Gasteiger partial charge in [0.1, 0.15) is 11.6 Å². The van der Waals surface area contributed by atoms with Gasteiger partial charge in [0.2, 0.25) is 5.91 Å². The van der Waals surface area contributed by atoms with Gasteiger partial charge in [-0.2, -0.15) is 0 Å². The molecule has 5 heteroatoms. The van der Waals surface area contributed by atoms with Crippen molar-refractivity contribution in [2.45, 2.75) is 32.7 Å². The number of carbonyl (C=O) groups is 1. The van der Waals surface area contributed by atoms with Crippen molar-refractivity contribution >= 4 is 5.91 Å². The van der Waals surface area contributed by atoms with Gasteiger partial charge in [0.25, 0.3) is 0 Å². The summed E-state index contributed by atoms with van der Waals surface area (Å²) >= 11 is 0. The minimum atomic E-state index is -0.410. The third-order valence-electron chi connectivity index (χ3n) is 3.53. The number of benzene rings is 1. The number of rotatable bonds is 7. The lowest BCUT2D eigenvalue weighted by molar-refractivity contribution is -0.123. The summed E-state index contributed by atoms with van der Waals surface area (Å²) in [6.45, 7) is 6.59. The van der Waals surface area contributed by atoms with Crippen LogP contribution in [0.5, 0.6) is 5.75 Å². The molecule has 0 heterocycles. The maximum absolute atomic E-state index is 12.7. The number of nitrogens with two attached hydrogens (primary N) is 1. The highest BCUT2D eigenvalue weighted by Crippen LogP contribution is 2.15. The summed E-state index contributed by atoms with van der Waals surface area (Å²) in [6.07, 6.45) is 0.236. The summed E-state index contributed by atoms with van der Waals surface area (Å²) < 4.78 is 18.1. The second kappa shape index (κ2) is 7.24. The molecule has 0 aliphatic carbocycles. The highest BCUT2D eigenvalue weighted by molar-refractivity contribution is 5.77. The Hall–Kier alpha value is -1.62. The van der Waals surface area contributed by atoms with E-state index in [1.807, 2.05) is 20.8 Å².